The first-order chi connectivity index (χ1) is 6.72. The fourth-order valence-electron chi connectivity index (χ4n) is 1.92. The van der Waals surface area contributed by atoms with Gasteiger partial charge in [0.05, 0.1) is 7.11 Å². The molecule has 0 bridgehead atoms. The minimum Gasteiger partial charge on any atom is -0.494 e. The first-order valence-corrected chi connectivity index (χ1v) is 4.82. The Hall–Kier alpha value is -1.09. The molecule has 76 valence electrons. The summed E-state index contributed by atoms with van der Waals surface area (Å²) in [5.74, 6) is 0.0691. The standard InChI is InChI=1S/C11H14FNO/c1-7-9-6-11(14-2)10(12)5-8(9)3-4-13-7/h5-7,13H,3-4H2,1-2H3/t7-/m0/s1. The molecule has 1 heterocycles. The van der Waals surface area contributed by atoms with Crippen molar-refractivity contribution in [2.24, 2.45) is 0 Å². The molecule has 0 fully saturated rings. The Bertz CT molecular complexity index is 351. The van der Waals surface area contributed by atoms with E-state index in [0.717, 1.165) is 24.1 Å². The van der Waals surface area contributed by atoms with Crippen LogP contribution in [0.2, 0.25) is 0 Å². The number of hydrogen-bond acceptors (Lipinski definition) is 2. The van der Waals surface area contributed by atoms with Crippen molar-refractivity contribution in [3.05, 3.63) is 29.1 Å². The van der Waals surface area contributed by atoms with Gasteiger partial charge in [-0.15, -0.1) is 0 Å². The molecule has 1 aliphatic heterocycles. The lowest BCUT2D eigenvalue weighted by molar-refractivity contribution is 0.383. The average molecular weight is 195 g/mol. The van der Waals surface area contributed by atoms with Crippen LogP contribution in [0.4, 0.5) is 4.39 Å². The summed E-state index contributed by atoms with van der Waals surface area (Å²) in [5, 5.41) is 3.33. The third-order valence-corrected chi connectivity index (χ3v) is 2.73. The molecule has 2 nitrogen and oxygen atoms in total. The molecule has 0 amide bonds. The van der Waals surface area contributed by atoms with E-state index in [1.165, 1.54) is 7.11 Å². The quantitative estimate of drug-likeness (QED) is 0.740. The number of hydrogen-bond donors (Lipinski definition) is 1. The van der Waals surface area contributed by atoms with Gasteiger partial charge in [-0.1, -0.05) is 0 Å². The second-order valence-corrected chi connectivity index (χ2v) is 3.61. The van der Waals surface area contributed by atoms with Crippen molar-refractivity contribution in [2.75, 3.05) is 13.7 Å². The van der Waals surface area contributed by atoms with E-state index in [4.69, 9.17) is 4.74 Å². The molecule has 2 rings (SSSR count). The topological polar surface area (TPSA) is 21.3 Å². The molecule has 1 N–H and O–H groups in total. The van der Waals surface area contributed by atoms with Crippen LogP contribution in [0.5, 0.6) is 5.75 Å². The lowest BCUT2D eigenvalue weighted by atomic mass is 9.95. The number of methoxy groups -OCH3 is 1. The number of fused-ring (bicyclic) bond motifs is 1. The SMILES string of the molecule is COc1cc2c(cc1F)CCN[C@H]2C. The molecule has 0 aliphatic carbocycles. The predicted molar refractivity (Wildman–Crippen MR) is 53.1 cm³/mol. The number of rotatable bonds is 1. The molecule has 0 radical (unpaired) electrons. The van der Waals surface area contributed by atoms with Crippen LogP contribution in [0.1, 0.15) is 24.1 Å². The molecule has 1 atom stereocenters. The first kappa shape index (κ1) is 9.46. The fourth-order valence-corrected chi connectivity index (χ4v) is 1.92. The van der Waals surface area contributed by atoms with E-state index in [9.17, 15) is 4.39 Å². The van der Waals surface area contributed by atoms with Gasteiger partial charge in [0.2, 0.25) is 0 Å². The maximum absolute atomic E-state index is 13.4. The Balaban J connectivity index is 2.49. The highest BCUT2D eigenvalue weighted by molar-refractivity contribution is 5.40. The summed E-state index contributed by atoms with van der Waals surface area (Å²) >= 11 is 0. The van der Waals surface area contributed by atoms with Gasteiger partial charge in [0.15, 0.2) is 11.6 Å². The third kappa shape index (κ3) is 1.48. The van der Waals surface area contributed by atoms with Gasteiger partial charge in [-0.2, -0.15) is 0 Å². The molecule has 0 spiro atoms. The molecule has 0 aromatic heterocycles. The van der Waals surface area contributed by atoms with E-state index in [-0.39, 0.29) is 11.9 Å². The fraction of sp³-hybridized carbons (Fsp3) is 0.455. The second kappa shape index (κ2) is 3.58. The van der Waals surface area contributed by atoms with Crippen molar-refractivity contribution in [2.45, 2.75) is 19.4 Å². The third-order valence-electron chi connectivity index (χ3n) is 2.73. The number of halogens is 1. The van der Waals surface area contributed by atoms with E-state index >= 15 is 0 Å². The van der Waals surface area contributed by atoms with Crippen LogP contribution in [-0.2, 0) is 6.42 Å². The Morgan fingerprint density at radius 2 is 2.29 bits per heavy atom. The van der Waals surface area contributed by atoms with Crippen molar-refractivity contribution in [1.82, 2.24) is 5.32 Å². The van der Waals surface area contributed by atoms with Gasteiger partial charge in [-0.25, -0.2) is 4.39 Å². The van der Waals surface area contributed by atoms with Crippen LogP contribution < -0.4 is 10.1 Å². The van der Waals surface area contributed by atoms with Crippen LogP contribution >= 0.6 is 0 Å². The summed E-state index contributed by atoms with van der Waals surface area (Å²) in [5.41, 5.74) is 2.24. The Labute approximate surface area is 83.1 Å². The molecule has 1 aromatic rings. The molecular formula is C11H14FNO. The highest BCUT2D eigenvalue weighted by Crippen LogP contribution is 2.29. The maximum Gasteiger partial charge on any atom is 0.165 e. The van der Waals surface area contributed by atoms with E-state index in [2.05, 4.69) is 12.2 Å². The molecule has 14 heavy (non-hydrogen) atoms. The van der Waals surface area contributed by atoms with Gasteiger partial charge in [0.1, 0.15) is 0 Å². The predicted octanol–water partition coefficient (Wildman–Crippen LogP) is 2.04. The molecule has 0 unspecified atom stereocenters. The summed E-state index contributed by atoms with van der Waals surface area (Å²) in [4.78, 5) is 0. The Morgan fingerprint density at radius 1 is 1.50 bits per heavy atom. The summed E-state index contributed by atoms with van der Waals surface area (Å²) < 4.78 is 18.3. The van der Waals surface area contributed by atoms with Crippen molar-refractivity contribution in [1.29, 1.82) is 0 Å². The van der Waals surface area contributed by atoms with Crippen molar-refractivity contribution in [3.8, 4) is 5.75 Å². The van der Waals surface area contributed by atoms with Gasteiger partial charge in [0.25, 0.3) is 0 Å². The number of nitrogens with one attached hydrogen (secondary N) is 1. The largest absolute Gasteiger partial charge is 0.494 e. The van der Waals surface area contributed by atoms with E-state index in [1.807, 2.05) is 0 Å². The number of ether oxygens (including phenoxy) is 1. The van der Waals surface area contributed by atoms with Crippen molar-refractivity contribution >= 4 is 0 Å². The summed E-state index contributed by atoms with van der Waals surface area (Å²) in [6.45, 7) is 3.00. The van der Waals surface area contributed by atoms with Crippen LogP contribution in [0.15, 0.2) is 12.1 Å². The highest BCUT2D eigenvalue weighted by atomic mass is 19.1. The molecule has 0 saturated carbocycles. The van der Waals surface area contributed by atoms with Crippen LogP contribution in [0, 0.1) is 5.82 Å². The molecule has 1 aliphatic rings. The van der Waals surface area contributed by atoms with Crippen molar-refractivity contribution < 1.29 is 9.13 Å². The monoisotopic (exact) mass is 195 g/mol. The highest BCUT2D eigenvalue weighted by Gasteiger charge is 2.18. The summed E-state index contributed by atoms with van der Waals surface area (Å²) in [6.07, 6.45) is 0.889. The van der Waals surface area contributed by atoms with Crippen LogP contribution in [0.3, 0.4) is 0 Å². The zero-order valence-electron chi connectivity index (χ0n) is 8.43. The van der Waals surface area contributed by atoms with E-state index in [0.29, 0.717) is 5.75 Å². The van der Waals surface area contributed by atoms with Crippen LogP contribution in [0.25, 0.3) is 0 Å². The minimum atomic E-state index is -0.264. The zero-order valence-corrected chi connectivity index (χ0v) is 8.43. The Morgan fingerprint density at radius 3 is 3.00 bits per heavy atom. The summed E-state index contributed by atoms with van der Waals surface area (Å²) in [7, 11) is 1.49. The van der Waals surface area contributed by atoms with Gasteiger partial charge in [-0.3, -0.25) is 0 Å². The van der Waals surface area contributed by atoms with Gasteiger partial charge in [0, 0.05) is 6.04 Å². The molecule has 0 saturated heterocycles. The lowest BCUT2D eigenvalue weighted by Crippen LogP contribution is -2.27. The molecule has 1 aromatic carbocycles. The maximum atomic E-state index is 13.4. The lowest BCUT2D eigenvalue weighted by Gasteiger charge is -2.24. The van der Waals surface area contributed by atoms with Gasteiger partial charge < -0.3 is 10.1 Å². The second-order valence-electron chi connectivity index (χ2n) is 3.61. The minimum absolute atomic E-state index is 0.264. The summed E-state index contributed by atoms with van der Waals surface area (Å²) in [6, 6.07) is 3.67. The zero-order chi connectivity index (χ0) is 10.1. The van der Waals surface area contributed by atoms with Gasteiger partial charge >= 0.3 is 0 Å². The van der Waals surface area contributed by atoms with E-state index in [1.54, 1.807) is 12.1 Å². The smallest absolute Gasteiger partial charge is 0.165 e. The number of benzene rings is 1. The Kier molecular flexibility index (Phi) is 2.42. The first-order valence-electron chi connectivity index (χ1n) is 4.82. The average Bonchev–Trinajstić information content (AvgIpc) is 2.17. The van der Waals surface area contributed by atoms with Crippen molar-refractivity contribution in [3.63, 3.8) is 0 Å². The van der Waals surface area contributed by atoms with Gasteiger partial charge in [-0.05, 0) is 43.1 Å². The molecular weight excluding hydrogens is 181 g/mol. The molecule has 3 heteroatoms. The van der Waals surface area contributed by atoms with Crippen LogP contribution in [-0.4, -0.2) is 13.7 Å². The normalized spacial score (nSPS) is 20.4. The van der Waals surface area contributed by atoms with E-state index < -0.39 is 0 Å².